The van der Waals surface area contributed by atoms with Crippen LogP contribution in [0.4, 0.5) is 0 Å². The van der Waals surface area contributed by atoms with Crippen LogP contribution in [0.25, 0.3) is 10.9 Å². The van der Waals surface area contributed by atoms with E-state index in [4.69, 9.17) is 16.3 Å². The van der Waals surface area contributed by atoms with Crippen molar-refractivity contribution in [3.05, 3.63) is 70.9 Å². The Morgan fingerprint density at radius 2 is 1.88 bits per heavy atom. The monoisotopic (exact) mass is 356 g/mol. The first-order valence-corrected chi connectivity index (χ1v) is 8.61. The van der Waals surface area contributed by atoms with Gasteiger partial charge >= 0.3 is 5.97 Å². The molecular weight excluding hydrogens is 336 g/mol. The van der Waals surface area contributed by atoms with Crippen molar-refractivity contribution in [1.82, 2.24) is 10.3 Å². The molecule has 0 saturated heterocycles. The molecule has 0 spiro atoms. The molecule has 4 nitrogen and oxygen atoms in total. The maximum absolute atomic E-state index is 11.7. The van der Waals surface area contributed by atoms with Crippen LogP contribution in [-0.2, 0) is 9.53 Å². The van der Waals surface area contributed by atoms with Crippen molar-refractivity contribution < 1.29 is 9.53 Å². The van der Waals surface area contributed by atoms with Gasteiger partial charge in [0.25, 0.3) is 0 Å². The summed E-state index contributed by atoms with van der Waals surface area (Å²) >= 11 is 6.46. The quantitative estimate of drug-likeness (QED) is 0.654. The fraction of sp³-hybridized carbons (Fsp3) is 0.250. The maximum Gasteiger partial charge on any atom is 0.322 e. The first-order chi connectivity index (χ1) is 12.1. The standard InChI is InChI=1S/C20H21ClN2O2/c1-13(20(24)25-2)22-11-16(14-7-3-5-9-18(14)21)17-12-23-19-10-6-4-8-15(17)19/h3-10,12-13,16,22-23H,11H2,1-2H3/t13-,16-/m1/s1. The molecule has 0 radical (unpaired) electrons. The minimum absolute atomic E-state index is 0.0111. The van der Waals surface area contributed by atoms with Crippen molar-refractivity contribution in [2.45, 2.75) is 18.9 Å². The molecule has 130 valence electrons. The molecule has 0 aliphatic carbocycles. The van der Waals surface area contributed by atoms with Gasteiger partial charge in [-0.15, -0.1) is 0 Å². The molecule has 3 aromatic rings. The van der Waals surface area contributed by atoms with Crippen molar-refractivity contribution in [2.24, 2.45) is 0 Å². The second-order valence-electron chi connectivity index (χ2n) is 6.02. The van der Waals surface area contributed by atoms with Gasteiger partial charge in [-0.1, -0.05) is 48.0 Å². The predicted molar refractivity (Wildman–Crippen MR) is 101 cm³/mol. The largest absolute Gasteiger partial charge is 0.468 e. The normalized spacial score (nSPS) is 13.6. The van der Waals surface area contributed by atoms with Crippen LogP contribution in [0.3, 0.4) is 0 Å². The number of hydrogen-bond acceptors (Lipinski definition) is 3. The number of methoxy groups -OCH3 is 1. The van der Waals surface area contributed by atoms with Crippen molar-refractivity contribution in [2.75, 3.05) is 13.7 Å². The van der Waals surface area contributed by atoms with Gasteiger partial charge in [-0.25, -0.2) is 0 Å². The van der Waals surface area contributed by atoms with E-state index < -0.39 is 0 Å². The molecule has 0 aliphatic heterocycles. The molecule has 25 heavy (non-hydrogen) atoms. The predicted octanol–water partition coefficient (Wildman–Crippen LogP) is 4.10. The van der Waals surface area contributed by atoms with Crippen LogP contribution < -0.4 is 5.32 Å². The van der Waals surface area contributed by atoms with Crippen LogP contribution in [-0.4, -0.2) is 30.6 Å². The number of aromatic nitrogens is 1. The number of fused-ring (bicyclic) bond motifs is 1. The van der Waals surface area contributed by atoms with Crippen molar-refractivity contribution in [3.8, 4) is 0 Å². The zero-order valence-corrected chi connectivity index (χ0v) is 15.0. The Labute approximate surface area is 152 Å². The summed E-state index contributed by atoms with van der Waals surface area (Å²) in [5.74, 6) is -0.270. The molecule has 2 atom stereocenters. The average Bonchev–Trinajstić information content (AvgIpc) is 3.06. The fourth-order valence-corrected chi connectivity index (χ4v) is 3.35. The van der Waals surface area contributed by atoms with E-state index in [0.29, 0.717) is 11.6 Å². The zero-order valence-electron chi connectivity index (χ0n) is 14.3. The minimum atomic E-state index is -0.389. The van der Waals surface area contributed by atoms with E-state index >= 15 is 0 Å². The highest BCUT2D eigenvalue weighted by molar-refractivity contribution is 6.31. The van der Waals surface area contributed by atoms with Gasteiger partial charge in [0.1, 0.15) is 6.04 Å². The number of nitrogens with one attached hydrogen (secondary N) is 2. The fourth-order valence-electron chi connectivity index (χ4n) is 3.08. The van der Waals surface area contributed by atoms with Crippen molar-refractivity contribution in [1.29, 1.82) is 0 Å². The number of aromatic amines is 1. The van der Waals surface area contributed by atoms with Crippen molar-refractivity contribution in [3.63, 3.8) is 0 Å². The number of rotatable bonds is 6. The van der Waals surface area contributed by atoms with Gasteiger partial charge in [0, 0.05) is 34.6 Å². The topological polar surface area (TPSA) is 54.1 Å². The minimum Gasteiger partial charge on any atom is -0.468 e. The molecule has 0 saturated carbocycles. The molecule has 0 fully saturated rings. The maximum atomic E-state index is 11.7. The van der Waals surface area contributed by atoms with Gasteiger partial charge in [0.05, 0.1) is 7.11 Å². The van der Waals surface area contributed by atoms with E-state index in [1.807, 2.05) is 48.7 Å². The number of halogens is 1. The average molecular weight is 357 g/mol. The molecule has 2 aromatic carbocycles. The van der Waals surface area contributed by atoms with Crippen LogP contribution in [0.5, 0.6) is 0 Å². The lowest BCUT2D eigenvalue weighted by Crippen LogP contribution is -2.37. The summed E-state index contributed by atoms with van der Waals surface area (Å²) in [6, 6.07) is 15.6. The Bertz CT molecular complexity index is 875. The molecule has 1 aromatic heterocycles. The van der Waals surface area contributed by atoms with Gasteiger partial charge < -0.3 is 15.0 Å². The van der Waals surface area contributed by atoms with Crippen LogP contribution in [0, 0.1) is 0 Å². The Balaban J connectivity index is 1.98. The van der Waals surface area contributed by atoms with E-state index in [9.17, 15) is 4.79 Å². The molecule has 2 N–H and O–H groups in total. The summed E-state index contributed by atoms with van der Waals surface area (Å²) in [4.78, 5) is 15.0. The lowest BCUT2D eigenvalue weighted by molar-refractivity contribution is -0.142. The SMILES string of the molecule is COC(=O)[C@@H](C)NC[C@H](c1ccccc1Cl)c1c[nH]c2ccccc12. The Morgan fingerprint density at radius 3 is 2.64 bits per heavy atom. The van der Waals surface area contributed by atoms with Crippen LogP contribution >= 0.6 is 11.6 Å². The highest BCUT2D eigenvalue weighted by Crippen LogP contribution is 2.34. The lowest BCUT2D eigenvalue weighted by atomic mass is 9.90. The number of esters is 1. The van der Waals surface area contributed by atoms with E-state index in [1.54, 1.807) is 6.92 Å². The number of para-hydroxylation sites is 1. The zero-order chi connectivity index (χ0) is 17.8. The Hall–Kier alpha value is -2.30. The molecule has 5 heteroatoms. The van der Waals surface area contributed by atoms with Gasteiger partial charge in [-0.05, 0) is 30.2 Å². The third kappa shape index (κ3) is 3.70. The second kappa shape index (κ2) is 7.72. The van der Waals surface area contributed by atoms with E-state index in [0.717, 1.165) is 22.0 Å². The van der Waals surface area contributed by atoms with E-state index in [-0.39, 0.29) is 17.9 Å². The van der Waals surface area contributed by atoms with E-state index in [1.165, 1.54) is 7.11 Å². The number of carbonyl (C=O) groups excluding carboxylic acids is 1. The van der Waals surface area contributed by atoms with Gasteiger partial charge in [0.2, 0.25) is 0 Å². The highest BCUT2D eigenvalue weighted by atomic mass is 35.5. The Kier molecular flexibility index (Phi) is 5.41. The number of ether oxygens (including phenoxy) is 1. The number of carbonyl (C=O) groups is 1. The van der Waals surface area contributed by atoms with Crippen LogP contribution in [0.1, 0.15) is 24.0 Å². The summed E-state index contributed by atoms with van der Waals surface area (Å²) in [6.07, 6.45) is 2.02. The van der Waals surface area contributed by atoms with Gasteiger partial charge in [0.15, 0.2) is 0 Å². The summed E-state index contributed by atoms with van der Waals surface area (Å²) in [6.45, 7) is 2.37. The first kappa shape index (κ1) is 17.5. The molecule has 0 unspecified atom stereocenters. The lowest BCUT2D eigenvalue weighted by Gasteiger charge is -2.21. The Morgan fingerprint density at radius 1 is 1.16 bits per heavy atom. The van der Waals surface area contributed by atoms with Gasteiger partial charge in [-0.3, -0.25) is 4.79 Å². The summed E-state index contributed by atoms with van der Waals surface area (Å²) in [5.41, 5.74) is 3.25. The molecule has 1 heterocycles. The van der Waals surface area contributed by atoms with Crippen LogP contribution in [0.2, 0.25) is 5.02 Å². The molecule has 0 amide bonds. The number of H-pyrrole nitrogens is 1. The molecular formula is C20H21ClN2O2. The molecule has 0 aliphatic rings. The summed E-state index contributed by atoms with van der Waals surface area (Å²) < 4.78 is 4.80. The smallest absolute Gasteiger partial charge is 0.322 e. The highest BCUT2D eigenvalue weighted by Gasteiger charge is 2.22. The summed E-state index contributed by atoms with van der Waals surface area (Å²) in [5, 5.41) is 5.13. The third-order valence-electron chi connectivity index (χ3n) is 4.46. The molecule has 3 rings (SSSR count). The van der Waals surface area contributed by atoms with Crippen LogP contribution in [0.15, 0.2) is 54.7 Å². The summed E-state index contributed by atoms with van der Waals surface area (Å²) in [7, 11) is 1.39. The van der Waals surface area contributed by atoms with Gasteiger partial charge in [-0.2, -0.15) is 0 Å². The molecule has 0 bridgehead atoms. The second-order valence-corrected chi connectivity index (χ2v) is 6.42. The number of benzene rings is 2. The number of hydrogen-bond donors (Lipinski definition) is 2. The first-order valence-electron chi connectivity index (χ1n) is 8.23. The third-order valence-corrected chi connectivity index (χ3v) is 4.80. The van der Waals surface area contributed by atoms with Crippen molar-refractivity contribution >= 4 is 28.5 Å². The van der Waals surface area contributed by atoms with E-state index in [2.05, 4.69) is 16.4 Å².